The number of aromatic nitrogens is 2. The molecule has 0 saturated heterocycles. The Bertz CT molecular complexity index is 442. The molecule has 0 atom stereocenters. The van der Waals surface area contributed by atoms with Gasteiger partial charge < -0.3 is 10.1 Å². The van der Waals surface area contributed by atoms with Crippen molar-refractivity contribution in [1.29, 1.82) is 0 Å². The van der Waals surface area contributed by atoms with Crippen molar-refractivity contribution in [1.82, 2.24) is 9.97 Å². The molecule has 4 heteroatoms. The van der Waals surface area contributed by atoms with Crippen LogP contribution in [0.1, 0.15) is 63.8 Å². The lowest BCUT2D eigenvalue weighted by atomic mass is 10.1. The third-order valence-electron chi connectivity index (χ3n) is 3.57. The van der Waals surface area contributed by atoms with Crippen molar-refractivity contribution in [3.8, 4) is 5.88 Å². The molecule has 1 aliphatic carbocycles. The summed E-state index contributed by atoms with van der Waals surface area (Å²) in [5, 5.41) is 3.32. The Morgan fingerprint density at radius 2 is 2.05 bits per heavy atom. The predicted molar refractivity (Wildman–Crippen MR) is 82.5 cm³/mol. The number of hydrogen-bond acceptors (Lipinski definition) is 4. The van der Waals surface area contributed by atoms with Gasteiger partial charge in [-0.1, -0.05) is 13.8 Å². The van der Waals surface area contributed by atoms with E-state index in [1.807, 2.05) is 6.92 Å². The average molecular weight is 277 g/mol. The number of nitrogens with zero attached hydrogens (tertiary/aromatic N) is 2. The van der Waals surface area contributed by atoms with E-state index in [4.69, 9.17) is 4.74 Å². The maximum absolute atomic E-state index is 5.90. The number of nitrogens with one attached hydrogen (secondary N) is 1. The van der Waals surface area contributed by atoms with Crippen molar-refractivity contribution < 1.29 is 4.74 Å². The average Bonchev–Trinajstić information content (AvgIpc) is 3.22. The molecule has 0 spiro atoms. The molecular weight excluding hydrogens is 250 g/mol. The smallest absolute Gasteiger partial charge is 0.221 e. The third kappa shape index (κ3) is 4.09. The van der Waals surface area contributed by atoms with Crippen LogP contribution >= 0.6 is 0 Å². The Morgan fingerprint density at radius 3 is 2.65 bits per heavy atom. The molecule has 0 radical (unpaired) electrons. The van der Waals surface area contributed by atoms with E-state index in [0.717, 1.165) is 48.6 Å². The zero-order chi connectivity index (χ0) is 14.5. The SMILES string of the molecule is CCNc1nc(C2CC2)nc(OCCCC(C)C)c1C. The summed E-state index contributed by atoms with van der Waals surface area (Å²) in [4.78, 5) is 9.26. The van der Waals surface area contributed by atoms with Crippen LogP contribution in [0.25, 0.3) is 0 Å². The number of rotatable bonds is 8. The van der Waals surface area contributed by atoms with Crippen LogP contribution in [0, 0.1) is 12.8 Å². The second-order valence-corrected chi connectivity index (χ2v) is 6.05. The van der Waals surface area contributed by atoms with Crippen LogP contribution in [0.2, 0.25) is 0 Å². The van der Waals surface area contributed by atoms with E-state index in [-0.39, 0.29) is 0 Å². The van der Waals surface area contributed by atoms with Crippen LogP contribution in [0.4, 0.5) is 5.82 Å². The molecule has 1 aliphatic rings. The van der Waals surface area contributed by atoms with Crippen molar-refractivity contribution in [2.24, 2.45) is 5.92 Å². The lowest BCUT2D eigenvalue weighted by molar-refractivity contribution is 0.284. The molecule has 0 amide bonds. The fourth-order valence-electron chi connectivity index (χ4n) is 2.18. The first-order valence-corrected chi connectivity index (χ1v) is 7.87. The van der Waals surface area contributed by atoms with Crippen molar-refractivity contribution >= 4 is 5.82 Å². The van der Waals surface area contributed by atoms with Gasteiger partial charge in [-0.25, -0.2) is 4.98 Å². The molecule has 4 nitrogen and oxygen atoms in total. The Hall–Kier alpha value is -1.32. The third-order valence-corrected chi connectivity index (χ3v) is 3.57. The van der Waals surface area contributed by atoms with Gasteiger partial charge in [-0.05, 0) is 45.4 Å². The Morgan fingerprint density at radius 1 is 1.30 bits per heavy atom. The summed E-state index contributed by atoms with van der Waals surface area (Å²) in [6.45, 7) is 10.2. The van der Waals surface area contributed by atoms with Crippen molar-refractivity contribution in [3.63, 3.8) is 0 Å². The van der Waals surface area contributed by atoms with Crippen LogP contribution in [0.15, 0.2) is 0 Å². The molecule has 2 rings (SSSR count). The van der Waals surface area contributed by atoms with Gasteiger partial charge in [0.25, 0.3) is 0 Å². The summed E-state index contributed by atoms with van der Waals surface area (Å²) in [6, 6.07) is 0. The summed E-state index contributed by atoms with van der Waals surface area (Å²) >= 11 is 0. The highest BCUT2D eigenvalue weighted by atomic mass is 16.5. The molecule has 1 saturated carbocycles. The number of ether oxygens (including phenoxy) is 1. The van der Waals surface area contributed by atoms with E-state index >= 15 is 0 Å². The molecule has 112 valence electrons. The van der Waals surface area contributed by atoms with E-state index in [9.17, 15) is 0 Å². The molecule has 1 aromatic rings. The minimum atomic E-state index is 0.547. The quantitative estimate of drug-likeness (QED) is 0.732. The highest BCUT2D eigenvalue weighted by Crippen LogP contribution is 2.39. The molecule has 1 fully saturated rings. The van der Waals surface area contributed by atoms with Gasteiger partial charge in [0.15, 0.2) is 0 Å². The van der Waals surface area contributed by atoms with Gasteiger partial charge in [0.1, 0.15) is 11.6 Å². The zero-order valence-electron chi connectivity index (χ0n) is 13.2. The Balaban J connectivity index is 2.05. The first-order valence-electron chi connectivity index (χ1n) is 7.87. The molecule has 1 N–H and O–H groups in total. The summed E-state index contributed by atoms with van der Waals surface area (Å²) < 4.78 is 5.90. The Kier molecular flexibility index (Phi) is 5.21. The predicted octanol–water partition coefficient (Wildman–Crippen LogP) is 3.91. The van der Waals surface area contributed by atoms with Crippen LogP contribution in [0.5, 0.6) is 5.88 Å². The topological polar surface area (TPSA) is 47.0 Å². The lowest BCUT2D eigenvalue weighted by Gasteiger charge is -2.14. The molecule has 20 heavy (non-hydrogen) atoms. The largest absolute Gasteiger partial charge is 0.477 e. The van der Waals surface area contributed by atoms with E-state index in [1.54, 1.807) is 0 Å². The summed E-state index contributed by atoms with van der Waals surface area (Å²) in [5.41, 5.74) is 1.03. The summed E-state index contributed by atoms with van der Waals surface area (Å²) in [7, 11) is 0. The molecule has 1 aromatic heterocycles. The van der Waals surface area contributed by atoms with Crippen molar-refractivity contribution in [2.75, 3.05) is 18.5 Å². The highest BCUT2D eigenvalue weighted by Gasteiger charge is 2.28. The fraction of sp³-hybridized carbons (Fsp3) is 0.750. The zero-order valence-corrected chi connectivity index (χ0v) is 13.2. The van der Waals surface area contributed by atoms with Gasteiger partial charge in [0.2, 0.25) is 5.88 Å². The monoisotopic (exact) mass is 277 g/mol. The van der Waals surface area contributed by atoms with Crippen LogP contribution in [-0.2, 0) is 0 Å². The van der Waals surface area contributed by atoms with Gasteiger partial charge in [0, 0.05) is 12.5 Å². The van der Waals surface area contributed by atoms with Gasteiger partial charge >= 0.3 is 0 Å². The van der Waals surface area contributed by atoms with Gasteiger partial charge in [-0.15, -0.1) is 0 Å². The molecule has 0 aromatic carbocycles. The standard InChI is InChI=1S/C16H27N3O/c1-5-17-14-12(4)16(20-10-6-7-11(2)3)19-15(18-14)13-8-9-13/h11,13H,5-10H2,1-4H3,(H,17,18,19). The van der Waals surface area contributed by atoms with Crippen molar-refractivity contribution in [3.05, 3.63) is 11.4 Å². The van der Waals surface area contributed by atoms with E-state index in [0.29, 0.717) is 5.92 Å². The lowest BCUT2D eigenvalue weighted by Crippen LogP contribution is -2.09. The normalized spacial score (nSPS) is 14.7. The maximum Gasteiger partial charge on any atom is 0.221 e. The van der Waals surface area contributed by atoms with Gasteiger partial charge in [-0.3, -0.25) is 0 Å². The minimum absolute atomic E-state index is 0.547. The molecular formula is C16H27N3O. The van der Waals surface area contributed by atoms with Crippen LogP contribution in [-0.4, -0.2) is 23.1 Å². The van der Waals surface area contributed by atoms with Crippen LogP contribution in [0.3, 0.4) is 0 Å². The van der Waals surface area contributed by atoms with Crippen molar-refractivity contribution in [2.45, 2.75) is 59.3 Å². The maximum atomic E-state index is 5.90. The second kappa shape index (κ2) is 6.91. The number of hydrogen-bond donors (Lipinski definition) is 1. The highest BCUT2D eigenvalue weighted by molar-refractivity contribution is 5.49. The number of anilines is 1. The molecule has 0 unspecified atom stereocenters. The fourth-order valence-corrected chi connectivity index (χ4v) is 2.18. The van der Waals surface area contributed by atoms with E-state index < -0.39 is 0 Å². The van der Waals surface area contributed by atoms with E-state index in [2.05, 4.69) is 36.1 Å². The van der Waals surface area contributed by atoms with Gasteiger partial charge in [-0.2, -0.15) is 4.98 Å². The Labute approximate surface area is 122 Å². The van der Waals surface area contributed by atoms with E-state index in [1.165, 1.54) is 19.3 Å². The first-order chi connectivity index (χ1) is 9.61. The van der Waals surface area contributed by atoms with Gasteiger partial charge in [0.05, 0.1) is 12.2 Å². The second-order valence-electron chi connectivity index (χ2n) is 6.05. The summed E-state index contributed by atoms with van der Waals surface area (Å²) in [5.74, 6) is 3.92. The first kappa shape index (κ1) is 15.1. The molecule has 1 heterocycles. The molecule has 0 aliphatic heterocycles. The molecule has 0 bridgehead atoms. The van der Waals surface area contributed by atoms with Crippen LogP contribution < -0.4 is 10.1 Å². The summed E-state index contributed by atoms with van der Waals surface area (Å²) in [6.07, 6.45) is 4.69. The minimum Gasteiger partial charge on any atom is -0.477 e.